The van der Waals surface area contributed by atoms with Crippen LogP contribution in [0.1, 0.15) is 143 Å². The van der Waals surface area contributed by atoms with E-state index >= 15 is 0 Å². The van der Waals surface area contributed by atoms with Crippen molar-refractivity contribution in [1.29, 1.82) is 0 Å². The molecule has 6 rings (SSSR count). The number of aryl methyl sites for hydroxylation is 1. The molecular formula is C50H60N3O5-. The molecule has 2 aliphatic carbocycles. The van der Waals surface area contributed by atoms with Crippen LogP contribution in [0.25, 0.3) is 0 Å². The number of unbranched alkanes of at least 4 members (excludes halogenated alkanes) is 2. The molecule has 2 unspecified atom stereocenters. The standard InChI is InChI=1S/C50H61N3O5/c1-3-4-5-9-34(2)20-26-50(24-6-7-25-50)27-21-39(54)16-12-35-14-19-46(56)48(31-35)58-29-23-36-13-18-45(55)43(30-36)42-33-47(57)41-22-28-53-44(41)11-8-10-37-32-38(49(51)52)15-17-40(37)42/h13-15,17-19,21-22,27-28,30-32,34,42,49,55-57H,3-7,9,11-12,16,20,23-26,29,33,51-52H2,1-2H3/p-1. The second-order valence-electron chi connectivity index (χ2n) is 16.6. The first-order chi connectivity index (χ1) is 28.0. The normalized spacial score (nSPS) is 17.8. The predicted molar refractivity (Wildman–Crippen MR) is 230 cm³/mol. The summed E-state index contributed by atoms with van der Waals surface area (Å²) >= 11 is 0. The Morgan fingerprint density at radius 1 is 1.00 bits per heavy atom. The van der Waals surface area contributed by atoms with E-state index in [4.69, 9.17) is 16.2 Å². The molecule has 0 spiro atoms. The SMILES string of the molecule is CCCCCC(C)CCC1(C=CC(=O)CCc2ccc(O)c(OCCc3ccc(O)c(C4CC([O-])=C5C=CN=C5CC#Cc5cc(C(N)N)ccc54)c3)c2)CCCC1. The number of fused-ring (bicyclic) bond motifs is 2. The number of rotatable bonds is 18. The maximum atomic E-state index is 13.7. The molecule has 0 amide bonds. The number of benzene rings is 3. The Balaban J connectivity index is 1.10. The lowest BCUT2D eigenvalue weighted by Gasteiger charge is -2.27. The second-order valence-corrected chi connectivity index (χ2v) is 16.6. The molecule has 0 bridgehead atoms. The Morgan fingerprint density at radius 2 is 1.78 bits per heavy atom. The second kappa shape index (κ2) is 20.0. The Morgan fingerprint density at radius 3 is 2.55 bits per heavy atom. The van der Waals surface area contributed by atoms with Gasteiger partial charge in [-0.2, -0.15) is 0 Å². The molecule has 1 fully saturated rings. The summed E-state index contributed by atoms with van der Waals surface area (Å²) in [5.41, 5.74) is 18.0. The highest BCUT2D eigenvalue weighted by molar-refractivity contribution is 6.06. The summed E-state index contributed by atoms with van der Waals surface area (Å²) < 4.78 is 6.10. The van der Waals surface area contributed by atoms with Crippen molar-refractivity contribution in [1.82, 2.24) is 0 Å². The Hall–Kier alpha value is -5.10. The molecule has 1 saturated carbocycles. The van der Waals surface area contributed by atoms with Gasteiger partial charge in [-0.25, -0.2) is 0 Å². The summed E-state index contributed by atoms with van der Waals surface area (Å²) in [6.07, 6.45) is 21.0. The van der Waals surface area contributed by atoms with Gasteiger partial charge >= 0.3 is 0 Å². The van der Waals surface area contributed by atoms with E-state index in [0.29, 0.717) is 59.4 Å². The van der Waals surface area contributed by atoms with Crippen LogP contribution in [-0.2, 0) is 17.6 Å². The van der Waals surface area contributed by atoms with E-state index in [0.717, 1.165) is 29.0 Å². The lowest BCUT2D eigenvalue weighted by Crippen LogP contribution is -2.21. The molecule has 8 heteroatoms. The predicted octanol–water partition coefficient (Wildman–Crippen LogP) is 9.11. The number of ether oxygens (including phenoxy) is 1. The average Bonchev–Trinajstić information content (AvgIpc) is 3.90. The number of nitrogens with two attached hydrogens (primary N) is 2. The first-order valence-corrected chi connectivity index (χ1v) is 21.3. The van der Waals surface area contributed by atoms with Gasteiger partial charge in [-0.3, -0.25) is 9.79 Å². The fraction of sp³-hybridized carbons (Fsp3) is 0.440. The van der Waals surface area contributed by atoms with E-state index in [1.54, 1.807) is 24.4 Å². The summed E-state index contributed by atoms with van der Waals surface area (Å²) in [5.74, 6) is 7.15. The van der Waals surface area contributed by atoms with Crippen molar-refractivity contribution >= 4 is 11.5 Å². The number of aliphatic imine (C=N–C) groups is 1. The van der Waals surface area contributed by atoms with Crippen LogP contribution in [0.4, 0.5) is 0 Å². The minimum atomic E-state index is -0.690. The van der Waals surface area contributed by atoms with Gasteiger partial charge in [-0.15, -0.1) is 5.76 Å². The minimum absolute atomic E-state index is 0.0316. The quantitative estimate of drug-likeness (QED) is 0.0434. The van der Waals surface area contributed by atoms with Crippen LogP contribution < -0.4 is 21.3 Å². The highest BCUT2D eigenvalue weighted by atomic mass is 16.5. The largest absolute Gasteiger partial charge is 0.875 e. The lowest BCUT2D eigenvalue weighted by molar-refractivity contribution is -0.307. The van der Waals surface area contributed by atoms with Crippen LogP contribution in [0.3, 0.4) is 0 Å². The summed E-state index contributed by atoms with van der Waals surface area (Å²) in [4.78, 5) is 17.5. The Labute approximate surface area is 344 Å². The number of aromatic hydroxyl groups is 2. The lowest BCUT2D eigenvalue weighted by atomic mass is 9.78. The number of hydrogen-bond acceptors (Lipinski definition) is 8. The zero-order valence-corrected chi connectivity index (χ0v) is 34.3. The van der Waals surface area contributed by atoms with Gasteiger partial charge in [0.25, 0.3) is 0 Å². The third-order valence-electron chi connectivity index (χ3n) is 12.2. The van der Waals surface area contributed by atoms with Crippen molar-refractivity contribution in [2.75, 3.05) is 6.61 Å². The molecule has 2 atom stereocenters. The van der Waals surface area contributed by atoms with Crippen LogP contribution in [-0.4, -0.2) is 28.3 Å². The van der Waals surface area contributed by atoms with Crippen molar-refractivity contribution in [3.05, 3.63) is 124 Å². The maximum Gasteiger partial charge on any atom is 0.161 e. The third kappa shape index (κ3) is 11.1. The molecule has 0 aromatic heterocycles. The van der Waals surface area contributed by atoms with E-state index in [1.807, 2.05) is 48.5 Å². The fourth-order valence-corrected chi connectivity index (χ4v) is 8.63. The molecular weight excluding hydrogens is 723 g/mol. The van der Waals surface area contributed by atoms with Gasteiger partial charge in [0.15, 0.2) is 17.3 Å². The van der Waals surface area contributed by atoms with Crippen molar-refractivity contribution < 1.29 is 24.9 Å². The molecule has 0 radical (unpaired) electrons. The number of carbonyl (C=O) groups excluding carboxylic acids is 1. The molecule has 6 N–H and O–H groups in total. The van der Waals surface area contributed by atoms with Crippen molar-refractivity contribution in [3.63, 3.8) is 0 Å². The summed E-state index contributed by atoms with van der Waals surface area (Å²) in [6.45, 7) is 4.89. The number of carbonyl (C=O) groups is 1. The summed E-state index contributed by atoms with van der Waals surface area (Å²) in [7, 11) is 0. The molecule has 0 saturated heterocycles. The van der Waals surface area contributed by atoms with Crippen molar-refractivity contribution in [3.8, 4) is 29.1 Å². The molecule has 3 aromatic rings. The topological polar surface area (TPSA) is 154 Å². The van der Waals surface area contributed by atoms with Gasteiger partial charge in [0.05, 0.1) is 24.9 Å². The van der Waals surface area contributed by atoms with E-state index in [2.05, 4.69) is 36.8 Å². The Kier molecular flexibility index (Phi) is 14.7. The summed E-state index contributed by atoms with van der Waals surface area (Å²) in [5, 5.41) is 35.6. The number of phenolic OH excluding ortho intramolecular Hbond substituents is 2. The van der Waals surface area contributed by atoms with Crippen molar-refractivity contribution in [2.24, 2.45) is 27.8 Å². The third-order valence-corrected chi connectivity index (χ3v) is 12.2. The first-order valence-electron chi connectivity index (χ1n) is 21.3. The van der Waals surface area contributed by atoms with Crippen LogP contribution in [0.15, 0.2) is 95.3 Å². The molecule has 306 valence electrons. The van der Waals surface area contributed by atoms with Gasteiger partial charge in [-0.05, 0) is 114 Å². The number of nitrogens with zero attached hydrogens (tertiary/aromatic N) is 1. The van der Waals surface area contributed by atoms with E-state index in [9.17, 15) is 20.1 Å². The van der Waals surface area contributed by atoms with Gasteiger partial charge in [0.2, 0.25) is 0 Å². The van der Waals surface area contributed by atoms with Crippen LogP contribution >= 0.6 is 0 Å². The average molecular weight is 783 g/mol. The minimum Gasteiger partial charge on any atom is -0.875 e. The van der Waals surface area contributed by atoms with E-state index in [-0.39, 0.29) is 41.5 Å². The van der Waals surface area contributed by atoms with Crippen LogP contribution in [0, 0.1) is 23.2 Å². The number of phenols is 2. The first kappa shape index (κ1) is 42.5. The highest BCUT2D eigenvalue weighted by Crippen LogP contribution is 2.44. The van der Waals surface area contributed by atoms with Gasteiger partial charge in [0, 0.05) is 36.1 Å². The molecule has 58 heavy (non-hydrogen) atoms. The maximum absolute atomic E-state index is 13.7. The van der Waals surface area contributed by atoms with E-state index < -0.39 is 12.1 Å². The monoisotopic (exact) mass is 782 g/mol. The molecule has 3 aromatic carbocycles. The molecule has 1 heterocycles. The van der Waals surface area contributed by atoms with Crippen LogP contribution in [0.2, 0.25) is 0 Å². The molecule has 8 nitrogen and oxygen atoms in total. The fourth-order valence-electron chi connectivity index (χ4n) is 8.63. The number of allylic oxidation sites excluding steroid dienone is 5. The zero-order chi connectivity index (χ0) is 41.1. The molecule has 3 aliphatic rings. The van der Waals surface area contributed by atoms with Crippen LogP contribution in [0.5, 0.6) is 17.2 Å². The number of hydrogen-bond donors (Lipinski definition) is 4. The van der Waals surface area contributed by atoms with Gasteiger partial charge in [-0.1, -0.05) is 101 Å². The number of ketones is 1. The van der Waals surface area contributed by atoms with E-state index in [1.165, 1.54) is 57.8 Å². The smallest absolute Gasteiger partial charge is 0.161 e. The summed E-state index contributed by atoms with van der Waals surface area (Å²) in [6, 6.07) is 16.3. The van der Waals surface area contributed by atoms with Crippen molar-refractivity contribution in [2.45, 2.75) is 122 Å². The Bertz CT molecular complexity index is 2110. The highest BCUT2D eigenvalue weighted by Gasteiger charge is 2.31. The van der Waals surface area contributed by atoms with Gasteiger partial charge in [0.1, 0.15) is 5.75 Å². The zero-order valence-electron chi connectivity index (χ0n) is 34.3. The van der Waals surface area contributed by atoms with Gasteiger partial charge < -0.3 is 31.5 Å². The molecule has 1 aliphatic heterocycles.